The Balaban J connectivity index is 1.52. The van der Waals surface area contributed by atoms with E-state index >= 15 is 0 Å². The Bertz CT molecular complexity index is 1100. The van der Waals surface area contributed by atoms with Crippen molar-refractivity contribution in [1.82, 2.24) is 9.97 Å². The number of carbonyl (C=O) groups is 2. The summed E-state index contributed by atoms with van der Waals surface area (Å²) in [6, 6.07) is 13.1. The Kier molecular flexibility index (Phi) is 5.27. The van der Waals surface area contributed by atoms with Crippen LogP contribution in [0.1, 0.15) is 17.5 Å². The lowest BCUT2D eigenvalue weighted by Crippen LogP contribution is -2.30. The monoisotopic (exact) mass is 406 g/mol. The van der Waals surface area contributed by atoms with E-state index < -0.39 is 0 Å². The van der Waals surface area contributed by atoms with Gasteiger partial charge in [-0.15, -0.1) is 0 Å². The number of nitrogens with zero attached hydrogens (tertiary/aromatic N) is 3. The molecule has 2 amide bonds. The molecule has 6 nitrogen and oxygen atoms in total. The predicted octanol–water partition coefficient (Wildman–Crippen LogP) is 3.89. The highest BCUT2D eigenvalue weighted by Gasteiger charge is 2.21. The highest BCUT2D eigenvalue weighted by molar-refractivity contribution is 6.29. The third kappa shape index (κ3) is 4.27. The largest absolute Gasteiger partial charge is 0.315 e. The van der Waals surface area contributed by atoms with Gasteiger partial charge in [0.1, 0.15) is 11.0 Å². The van der Waals surface area contributed by atoms with E-state index in [-0.39, 0.29) is 18.2 Å². The van der Waals surface area contributed by atoms with Gasteiger partial charge in [-0.1, -0.05) is 23.7 Å². The first kappa shape index (κ1) is 19.1. The molecule has 4 rings (SSSR count). The van der Waals surface area contributed by atoms with Crippen molar-refractivity contribution in [3.05, 3.63) is 71.1 Å². The lowest BCUT2D eigenvalue weighted by molar-refractivity contribution is -0.118. The predicted molar refractivity (Wildman–Crippen MR) is 113 cm³/mol. The number of aromatic nitrogens is 2. The topological polar surface area (TPSA) is 75.2 Å². The molecule has 7 heteroatoms. The number of pyridine rings is 2. The van der Waals surface area contributed by atoms with Crippen LogP contribution in [0.5, 0.6) is 0 Å². The van der Waals surface area contributed by atoms with Crippen LogP contribution < -0.4 is 10.2 Å². The number of benzene rings is 1. The summed E-state index contributed by atoms with van der Waals surface area (Å²) in [5.74, 6) is 0.360. The maximum atomic E-state index is 12.3. The minimum atomic E-state index is -0.190. The summed E-state index contributed by atoms with van der Waals surface area (Å²) < 4.78 is 0. The van der Waals surface area contributed by atoms with Crippen LogP contribution in [0.15, 0.2) is 54.9 Å². The fourth-order valence-electron chi connectivity index (χ4n) is 3.43. The van der Waals surface area contributed by atoms with Crippen molar-refractivity contribution in [3.8, 4) is 11.1 Å². The van der Waals surface area contributed by atoms with E-state index in [0.717, 1.165) is 34.4 Å². The zero-order valence-electron chi connectivity index (χ0n) is 15.9. The molecule has 29 heavy (non-hydrogen) atoms. The SMILES string of the molecule is CN1C(=O)CCc2cc(-c3cncc(CC(=O)Nc4cccc(Cl)n4)c3)ccc21. The molecule has 0 unspecified atom stereocenters. The third-order valence-electron chi connectivity index (χ3n) is 4.90. The Morgan fingerprint density at radius 1 is 1.14 bits per heavy atom. The summed E-state index contributed by atoms with van der Waals surface area (Å²) >= 11 is 5.85. The number of hydrogen-bond donors (Lipinski definition) is 1. The molecule has 1 aromatic carbocycles. The van der Waals surface area contributed by atoms with Gasteiger partial charge in [-0.25, -0.2) is 4.98 Å². The van der Waals surface area contributed by atoms with Gasteiger partial charge in [0.25, 0.3) is 0 Å². The van der Waals surface area contributed by atoms with Crippen LogP contribution in [-0.4, -0.2) is 28.8 Å². The van der Waals surface area contributed by atoms with Crippen LogP contribution >= 0.6 is 11.6 Å². The zero-order valence-corrected chi connectivity index (χ0v) is 16.6. The van der Waals surface area contributed by atoms with E-state index in [1.54, 1.807) is 42.5 Å². The van der Waals surface area contributed by atoms with Crippen LogP contribution in [0.2, 0.25) is 5.15 Å². The Labute approximate surface area is 173 Å². The van der Waals surface area contributed by atoms with Crippen molar-refractivity contribution in [2.45, 2.75) is 19.3 Å². The molecule has 0 aliphatic carbocycles. The number of rotatable bonds is 4. The molecule has 0 fully saturated rings. The Hall–Kier alpha value is -3.25. The summed E-state index contributed by atoms with van der Waals surface area (Å²) in [6.07, 6.45) is 4.88. The lowest BCUT2D eigenvalue weighted by atomic mass is 9.96. The van der Waals surface area contributed by atoms with E-state index in [4.69, 9.17) is 11.6 Å². The fourth-order valence-corrected chi connectivity index (χ4v) is 3.59. The number of carbonyl (C=O) groups excluding carboxylic acids is 2. The van der Waals surface area contributed by atoms with Crippen molar-refractivity contribution >= 4 is 34.9 Å². The van der Waals surface area contributed by atoms with Crippen LogP contribution in [0.25, 0.3) is 11.1 Å². The maximum absolute atomic E-state index is 12.3. The highest BCUT2D eigenvalue weighted by Crippen LogP contribution is 2.31. The normalized spacial score (nSPS) is 13.2. The number of amides is 2. The van der Waals surface area contributed by atoms with Gasteiger partial charge in [-0.3, -0.25) is 14.6 Å². The number of hydrogen-bond acceptors (Lipinski definition) is 4. The lowest BCUT2D eigenvalue weighted by Gasteiger charge is -2.26. The smallest absolute Gasteiger partial charge is 0.230 e. The van der Waals surface area contributed by atoms with Crippen LogP contribution in [0.3, 0.4) is 0 Å². The van der Waals surface area contributed by atoms with E-state index in [1.807, 2.05) is 18.2 Å². The van der Waals surface area contributed by atoms with Crippen molar-refractivity contribution < 1.29 is 9.59 Å². The third-order valence-corrected chi connectivity index (χ3v) is 5.11. The second-order valence-corrected chi connectivity index (χ2v) is 7.34. The molecule has 0 bridgehead atoms. The van der Waals surface area contributed by atoms with Gasteiger partial charge < -0.3 is 10.2 Å². The number of nitrogens with one attached hydrogen (secondary N) is 1. The first-order chi connectivity index (χ1) is 14.0. The molecule has 0 saturated heterocycles. The quantitative estimate of drug-likeness (QED) is 0.667. The van der Waals surface area contributed by atoms with Crippen molar-refractivity contribution in [2.75, 3.05) is 17.3 Å². The standard InChI is InChI=1S/C22H19ClN4O2/c1-27-18-7-5-15(11-16(18)6-8-22(27)29)17-9-14(12-24-13-17)10-21(28)26-20-4-2-3-19(23)25-20/h2-5,7,9,11-13H,6,8,10H2,1H3,(H,25,26,28). The molecule has 0 saturated carbocycles. The van der Waals surface area contributed by atoms with Gasteiger partial charge in [-0.2, -0.15) is 0 Å². The molecule has 1 aliphatic heterocycles. The van der Waals surface area contributed by atoms with Crippen molar-refractivity contribution in [2.24, 2.45) is 0 Å². The minimum Gasteiger partial charge on any atom is -0.315 e. The van der Waals surface area contributed by atoms with Gasteiger partial charge in [0.15, 0.2) is 0 Å². The average Bonchev–Trinajstić information content (AvgIpc) is 2.71. The van der Waals surface area contributed by atoms with E-state index in [9.17, 15) is 9.59 Å². The van der Waals surface area contributed by atoms with E-state index in [1.165, 1.54) is 0 Å². The first-order valence-corrected chi connectivity index (χ1v) is 9.63. The molecule has 3 heterocycles. The zero-order chi connectivity index (χ0) is 20.4. The molecule has 0 spiro atoms. The van der Waals surface area contributed by atoms with Crippen LogP contribution in [-0.2, 0) is 22.4 Å². The van der Waals surface area contributed by atoms with Crippen molar-refractivity contribution in [1.29, 1.82) is 0 Å². The highest BCUT2D eigenvalue weighted by atomic mass is 35.5. The molecular weight excluding hydrogens is 388 g/mol. The van der Waals surface area contributed by atoms with Crippen molar-refractivity contribution in [3.63, 3.8) is 0 Å². The van der Waals surface area contributed by atoms with E-state index in [2.05, 4.69) is 21.4 Å². The molecule has 0 atom stereocenters. The second kappa shape index (κ2) is 8.01. The van der Waals surface area contributed by atoms with Gasteiger partial charge in [-0.05, 0) is 53.4 Å². The van der Waals surface area contributed by atoms with E-state index in [0.29, 0.717) is 17.4 Å². The molecule has 1 aliphatic rings. The number of aryl methyl sites for hydroxylation is 1. The first-order valence-electron chi connectivity index (χ1n) is 9.26. The average molecular weight is 407 g/mol. The van der Waals surface area contributed by atoms with Gasteiger partial charge >= 0.3 is 0 Å². The summed E-state index contributed by atoms with van der Waals surface area (Å²) in [6.45, 7) is 0. The van der Waals surface area contributed by atoms with Gasteiger partial charge in [0.05, 0.1) is 6.42 Å². The molecular formula is C22H19ClN4O2. The maximum Gasteiger partial charge on any atom is 0.230 e. The van der Waals surface area contributed by atoms with Gasteiger partial charge in [0, 0.05) is 37.1 Å². The summed E-state index contributed by atoms with van der Waals surface area (Å²) in [7, 11) is 1.80. The number of anilines is 2. The van der Waals surface area contributed by atoms with Crippen LogP contribution in [0.4, 0.5) is 11.5 Å². The summed E-state index contributed by atoms with van der Waals surface area (Å²) in [4.78, 5) is 34.3. The molecule has 2 aromatic heterocycles. The fraction of sp³-hybridized carbons (Fsp3) is 0.182. The second-order valence-electron chi connectivity index (χ2n) is 6.95. The minimum absolute atomic E-state index is 0.133. The summed E-state index contributed by atoms with van der Waals surface area (Å²) in [5, 5.41) is 3.07. The number of halogens is 1. The molecule has 1 N–H and O–H groups in total. The Morgan fingerprint density at radius 3 is 2.83 bits per heavy atom. The van der Waals surface area contributed by atoms with Gasteiger partial charge in [0.2, 0.25) is 11.8 Å². The van der Waals surface area contributed by atoms with Crippen LogP contribution in [0, 0.1) is 0 Å². The summed E-state index contributed by atoms with van der Waals surface area (Å²) in [5.41, 5.74) is 4.82. The molecule has 0 radical (unpaired) electrons. The Morgan fingerprint density at radius 2 is 2.00 bits per heavy atom. The number of fused-ring (bicyclic) bond motifs is 1. The molecule has 3 aromatic rings. The molecule has 146 valence electrons.